The van der Waals surface area contributed by atoms with E-state index in [-0.39, 0.29) is 6.03 Å². The molecule has 6 nitrogen and oxygen atoms in total. The van der Waals surface area contributed by atoms with Crippen LogP contribution in [0.15, 0.2) is 36.4 Å². The first-order chi connectivity index (χ1) is 11.1. The van der Waals surface area contributed by atoms with Crippen LogP contribution in [0.2, 0.25) is 0 Å². The lowest BCUT2D eigenvalue weighted by Crippen LogP contribution is -2.20. The van der Waals surface area contributed by atoms with Gasteiger partial charge in [-0.05, 0) is 30.7 Å². The van der Waals surface area contributed by atoms with Crippen molar-refractivity contribution in [2.75, 3.05) is 32.0 Å². The number of urea groups is 1. The Hall–Kier alpha value is -2.89. The van der Waals surface area contributed by atoms with Gasteiger partial charge in [0.05, 0.1) is 21.3 Å². The molecule has 0 fully saturated rings. The van der Waals surface area contributed by atoms with Crippen molar-refractivity contribution in [3.05, 3.63) is 42.0 Å². The Morgan fingerprint density at radius 1 is 0.913 bits per heavy atom. The van der Waals surface area contributed by atoms with Crippen molar-refractivity contribution < 1.29 is 19.0 Å². The number of benzene rings is 2. The largest absolute Gasteiger partial charge is 0.497 e. The predicted molar refractivity (Wildman–Crippen MR) is 89.9 cm³/mol. The Bertz CT molecular complexity index is 701. The van der Waals surface area contributed by atoms with E-state index in [1.54, 1.807) is 51.7 Å². The molecule has 2 aromatic rings. The van der Waals surface area contributed by atoms with Crippen LogP contribution in [-0.2, 0) is 0 Å². The summed E-state index contributed by atoms with van der Waals surface area (Å²) < 4.78 is 15.6. The molecule has 122 valence electrons. The highest BCUT2D eigenvalue weighted by atomic mass is 16.5. The molecule has 2 rings (SSSR count). The molecule has 2 aromatic carbocycles. The van der Waals surface area contributed by atoms with Crippen LogP contribution in [0, 0.1) is 6.92 Å². The lowest BCUT2D eigenvalue weighted by molar-refractivity contribution is 0.262. The number of hydrogen-bond donors (Lipinski definition) is 2. The van der Waals surface area contributed by atoms with Crippen molar-refractivity contribution in [1.29, 1.82) is 0 Å². The van der Waals surface area contributed by atoms with E-state index in [1.807, 2.05) is 13.0 Å². The summed E-state index contributed by atoms with van der Waals surface area (Å²) in [5.74, 6) is 1.84. The normalized spacial score (nSPS) is 9.91. The van der Waals surface area contributed by atoms with Gasteiger partial charge in [0.1, 0.15) is 5.75 Å². The molecular formula is C17H20N2O4. The number of carbonyl (C=O) groups excluding carboxylic acids is 1. The van der Waals surface area contributed by atoms with Crippen LogP contribution >= 0.6 is 0 Å². The quantitative estimate of drug-likeness (QED) is 0.883. The van der Waals surface area contributed by atoms with E-state index in [0.29, 0.717) is 28.6 Å². The monoisotopic (exact) mass is 316 g/mol. The highest BCUT2D eigenvalue weighted by Crippen LogP contribution is 2.33. The van der Waals surface area contributed by atoms with Crippen LogP contribution < -0.4 is 24.8 Å². The molecule has 0 aliphatic rings. The fourth-order valence-electron chi connectivity index (χ4n) is 2.10. The topological polar surface area (TPSA) is 68.8 Å². The van der Waals surface area contributed by atoms with Crippen molar-refractivity contribution in [2.24, 2.45) is 0 Å². The zero-order valence-electron chi connectivity index (χ0n) is 13.6. The van der Waals surface area contributed by atoms with E-state index < -0.39 is 0 Å². The molecule has 0 radical (unpaired) electrons. The zero-order chi connectivity index (χ0) is 16.8. The summed E-state index contributed by atoms with van der Waals surface area (Å²) >= 11 is 0. The molecule has 0 aliphatic carbocycles. The van der Waals surface area contributed by atoms with E-state index in [9.17, 15) is 4.79 Å². The van der Waals surface area contributed by atoms with Crippen molar-refractivity contribution in [2.45, 2.75) is 6.92 Å². The lowest BCUT2D eigenvalue weighted by Gasteiger charge is -2.14. The van der Waals surface area contributed by atoms with Gasteiger partial charge in [0.2, 0.25) is 0 Å². The number of hydrogen-bond acceptors (Lipinski definition) is 4. The fraction of sp³-hybridized carbons (Fsp3) is 0.235. The molecule has 0 bridgehead atoms. The molecule has 0 atom stereocenters. The molecule has 2 N–H and O–H groups in total. The summed E-state index contributed by atoms with van der Waals surface area (Å²) in [7, 11) is 4.69. The number of nitrogens with one attached hydrogen (secondary N) is 2. The number of rotatable bonds is 5. The van der Waals surface area contributed by atoms with Gasteiger partial charge in [-0.15, -0.1) is 0 Å². The third-order valence-corrected chi connectivity index (χ3v) is 3.31. The zero-order valence-corrected chi connectivity index (χ0v) is 13.6. The second kappa shape index (κ2) is 7.40. The van der Waals surface area contributed by atoms with Crippen molar-refractivity contribution in [3.63, 3.8) is 0 Å². The van der Waals surface area contributed by atoms with Crippen LogP contribution in [0.5, 0.6) is 17.2 Å². The standard InChI is InChI=1S/C17H20N2O4/c1-11-8-15(22-3)16(23-4)10-14(11)19-17(20)18-12-6-5-7-13(9-12)21-2/h5-10H,1-4H3,(H2,18,19,20). The molecule has 0 saturated heterocycles. The van der Waals surface area contributed by atoms with Crippen LogP contribution in [0.4, 0.5) is 16.2 Å². The summed E-state index contributed by atoms with van der Waals surface area (Å²) in [6.07, 6.45) is 0. The Balaban J connectivity index is 2.13. The summed E-state index contributed by atoms with van der Waals surface area (Å²) in [5, 5.41) is 5.55. The van der Waals surface area contributed by atoms with E-state index in [4.69, 9.17) is 14.2 Å². The number of amides is 2. The number of carbonyl (C=O) groups is 1. The smallest absolute Gasteiger partial charge is 0.323 e. The third-order valence-electron chi connectivity index (χ3n) is 3.31. The van der Waals surface area contributed by atoms with E-state index in [0.717, 1.165) is 5.56 Å². The molecule has 6 heteroatoms. The second-order valence-electron chi connectivity index (χ2n) is 4.83. The number of methoxy groups -OCH3 is 3. The Labute approximate surface area is 135 Å². The maximum Gasteiger partial charge on any atom is 0.323 e. The van der Waals surface area contributed by atoms with Crippen molar-refractivity contribution in [3.8, 4) is 17.2 Å². The minimum atomic E-state index is -0.353. The fourth-order valence-corrected chi connectivity index (χ4v) is 2.10. The van der Waals surface area contributed by atoms with Crippen LogP contribution in [0.25, 0.3) is 0 Å². The lowest BCUT2D eigenvalue weighted by atomic mass is 10.1. The van der Waals surface area contributed by atoms with Crippen molar-refractivity contribution >= 4 is 17.4 Å². The van der Waals surface area contributed by atoms with Gasteiger partial charge in [0, 0.05) is 23.5 Å². The maximum atomic E-state index is 12.2. The molecule has 0 aliphatic heterocycles. The summed E-state index contributed by atoms with van der Waals surface area (Å²) in [5.41, 5.74) is 2.14. The molecule has 0 saturated carbocycles. The van der Waals surface area contributed by atoms with Gasteiger partial charge in [-0.25, -0.2) is 4.79 Å². The number of anilines is 2. The van der Waals surface area contributed by atoms with E-state index >= 15 is 0 Å². The summed E-state index contributed by atoms with van der Waals surface area (Å²) in [6.45, 7) is 1.88. The Morgan fingerprint density at radius 2 is 1.61 bits per heavy atom. The highest BCUT2D eigenvalue weighted by Gasteiger charge is 2.11. The van der Waals surface area contributed by atoms with E-state index in [1.165, 1.54) is 0 Å². The number of aryl methyl sites for hydroxylation is 1. The molecule has 2 amide bonds. The van der Waals surface area contributed by atoms with Gasteiger partial charge >= 0.3 is 6.03 Å². The SMILES string of the molecule is COc1cccc(NC(=O)Nc2cc(OC)c(OC)cc2C)c1. The first-order valence-electron chi connectivity index (χ1n) is 7.02. The first-order valence-corrected chi connectivity index (χ1v) is 7.02. The van der Waals surface area contributed by atoms with Crippen LogP contribution in [0.3, 0.4) is 0 Å². The summed E-state index contributed by atoms with van der Waals surface area (Å²) in [4.78, 5) is 12.2. The average Bonchev–Trinajstić information content (AvgIpc) is 2.56. The number of ether oxygens (including phenoxy) is 3. The van der Waals surface area contributed by atoms with Crippen LogP contribution in [-0.4, -0.2) is 27.4 Å². The summed E-state index contributed by atoms with van der Waals surface area (Å²) in [6, 6.07) is 10.3. The molecule has 0 heterocycles. The molecular weight excluding hydrogens is 296 g/mol. The van der Waals surface area contributed by atoms with E-state index in [2.05, 4.69) is 10.6 Å². The Kier molecular flexibility index (Phi) is 5.30. The third kappa shape index (κ3) is 4.06. The highest BCUT2D eigenvalue weighted by molar-refractivity contribution is 6.00. The molecule has 0 unspecified atom stereocenters. The van der Waals surface area contributed by atoms with Gasteiger partial charge in [-0.3, -0.25) is 0 Å². The van der Waals surface area contributed by atoms with Crippen molar-refractivity contribution in [1.82, 2.24) is 0 Å². The minimum absolute atomic E-state index is 0.353. The Morgan fingerprint density at radius 3 is 2.26 bits per heavy atom. The van der Waals surface area contributed by atoms with Gasteiger partial charge in [-0.1, -0.05) is 6.07 Å². The van der Waals surface area contributed by atoms with Gasteiger partial charge in [-0.2, -0.15) is 0 Å². The van der Waals surface area contributed by atoms with Gasteiger partial charge < -0.3 is 24.8 Å². The van der Waals surface area contributed by atoms with Crippen LogP contribution in [0.1, 0.15) is 5.56 Å². The second-order valence-corrected chi connectivity index (χ2v) is 4.83. The molecule has 0 aromatic heterocycles. The minimum Gasteiger partial charge on any atom is -0.497 e. The average molecular weight is 316 g/mol. The first kappa shape index (κ1) is 16.5. The predicted octanol–water partition coefficient (Wildman–Crippen LogP) is 3.66. The molecule has 23 heavy (non-hydrogen) atoms. The van der Waals surface area contributed by atoms with Gasteiger partial charge in [0.25, 0.3) is 0 Å². The molecule has 0 spiro atoms. The maximum absolute atomic E-state index is 12.2. The van der Waals surface area contributed by atoms with Gasteiger partial charge in [0.15, 0.2) is 11.5 Å².